The highest BCUT2D eigenvalue weighted by atomic mass is 32.1. The quantitative estimate of drug-likeness (QED) is 0.186. The lowest BCUT2D eigenvalue weighted by Crippen LogP contribution is -2.11. The van der Waals surface area contributed by atoms with Crippen LogP contribution in [0.4, 0.5) is 17.1 Å². The van der Waals surface area contributed by atoms with Gasteiger partial charge in [-0.3, -0.25) is 0 Å². The van der Waals surface area contributed by atoms with Crippen LogP contribution in [0.2, 0.25) is 0 Å². The number of thiophene rings is 1. The van der Waals surface area contributed by atoms with Crippen molar-refractivity contribution in [1.29, 1.82) is 0 Å². The first-order valence-electron chi connectivity index (χ1n) is 16.6. The minimum atomic E-state index is 0.871. The van der Waals surface area contributed by atoms with Gasteiger partial charge in [-0.25, -0.2) is 0 Å². The molecule has 0 aliphatic carbocycles. The molecule has 2 nitrogen and oxygen atoms in total. The second kappa shape index (κ2) is 11.2. The van der Waals surface area contributed by atoms with Crippen LogP contribution in [0.25, 0.3) is 75.1 Å². The molecule has 230 valence electrons. The second-order valence-electron chi connectivity index (χ2n) is 12.5. The molecule has 2 heterocycles. The molecular weight excluding hydrogens is 615 g/mol. The molecule has 0 N–H and O–H groups in total. The average molecular weight is 644 g/mol. The van der Waals surface area contributed by atoms with Crippen molar-refractivity contribution < 1.29 is 4.42 Å². The zero-order chi connectivity index (χ0) is 32.3. The Bertz CT molecular complexity index is 2810. The Balaban J connectivity index is 1.29. The van der Waals surface area contributed by atoms with Crippen LogP contribution in [-0.2, 0) is 0 Å². The molecule has 0 atom stereocenters. The molecule has 3 heteroatoms. The van der Waals surface area contributed by atoms with Crippen LogP contribution in [0.15, 0.2) is 180 Å². The molecule has 0 bridgehead atoms. The van der Waals surface area contributed by atoms with E-state index >= 15 is 0 Å². The van der Waals surface area contributed by atoms with E-state index in [4.69, 9.17) is 4.42 Å². The highest BCUT2D eigenvalue weighted by Gasteiger charge is 2.23. The van der Waals surface area contributed by atoms with Gasteiger partial charge in [-0.15, -0.1) is 11.3 Å². The Morgan fingerprint density at radius 3 is 1.92 bits per heavy atom. The van der Waals surface area contributed by atoms with E-state index in [2.05, 4.69) is 181 Å². The molecule has 0 spiro atoms. The Hall–Kier alpha value is -6.16. The summed E-state index contributed by atoms with van der Waals surface area (Å²) in [4.78, 5) is 2.43. The van der Waals surface area contributed by atoms with Crippen molar-refractivity contribution in [3.63, 3.8) is 0 Å². The van der Waals surface area contributed by atoms with Crippen molar-refractivity contribution >= 4 is 81.3 Å². The summed E-state index contributed by atoms with van der Waals surface area (Å²) >= 11 is 1.85. The fourth-order valence-electron chi connectivity index (χ4n) is 7.32. The molecule has 0 saturated carbocycles. The van der Waals surface area contributed by atoms with Crippen molar-refractivity contribution in [3.8, 4) is 22.3 Å². The topological polar surface area (TPSA) is 16.4 Å². The third-order valence-electron chi connectivity index (χ3n) is 9.66. The Morgan fingerprint density at radius 2 is 1.10 bits per heavy atom. The Morgan fingerprint density at radius 1 is 0.429 bits per heavy atom. The number of nitrogens with zero attached hydrogens (tertiary/aromatic N) is 1. The molecule has 0 radical (unpaired) electrons. The Kier molecular flexibility index (Phi) is 6.39. The maximum Gasteiger partial charge on any atom is 0.143 e. The van der Waals surface area contributed by atoms with Gasteiger partial charge in [0.25, 0.3) is 0 Å². The van der Waals surface area contributed by atoms with E-state index in [9.17, 15) is 0 Å². The van der Waals surface area contributed by atoms with Crippen molar-refractivity contribution in [2.24, 2.45) is 0 Å². The predicted molar refractivity (Wildman–Crippen MR) is 210 cm³/mol. The van der Waals surface area contributed by atoms with E-state index in [0.29, 0.717) is 0 Å². The lowest BCUT2D eigenvalue weighted by Gasteiger charge is -2.28. The van der Waals surface area contributed by atoms with Gasteiger partial charge in [-0.05, 0) is 58.5 Å². The molecule has 2 aromatic heterocycles. The first-order valence-corrected chi connectivity index (χ1v) is 17.4. The summed E-state index contributed by atoms with van der Waals surface area (Å²) in [6, 6.07) is 63.2. The normalized spacial score (nSPS) is 11.7. The number of furan rings is 1. The summed E-state index contributed by atoms with van der Waals surface area (Å²) in [6.45, 7) is 0. The highest BCUT2D eigenvalue weighted by Crippen LogP contribution is 2.49. The van der Waals surface area contributed by atoms with Gasteiger partial charge in [0.15, 0.2) is 0 Å². The van der Waals surface area contributed by atoms with Crippen LogP contribution in [0.3, 0.4) is 0 Å². The van der Waals surface area contributed by atoms with Gasteiger partial charge in [0.05, 0.1) is 16.1 Å². The van der Waals surface area contributed by atoms with Crippen LogP contribution >= 0.6 is 11.3 Å². The largest absolute Gasteiger partial charge is 0.455 e. The molecule has 10 rings (SSSR count). The molecule has 49 heavy (non-hydrogen) atoms. The van der Waals surface area contributed by atoms with E-state index in [-0.39, 0.29) is 0 Å². The fraction of sp³-hybridized carbons (Fsp3) is 0. The third-order valence-corrected chi connectivity index (χ3v) is 10.9. The predicted octanol–water partition coefficient (Wildman–Crippen LogP) is 13.9. The zero-order valence-electron chi connectivity index (χ0n) is 26.5. The number of rotatable bonds is 5. The van der Waals surface area contributed by atoms with Crippen LogP contribution in [0.5, 0.6) is 0 Å². The fourth-order valence-corrected chi connectivity index (χ4v) is 8.53. The second-order valence-corrected chi connectivity index (χ2v) is 13.5. The molecule has 0 amide bonds. The summed E-state index contributed by atoms with van der Waals surface area (Å²) < 4.78 is 9.35. The van der Waals surface area contributed by atoms with E-state index in [1.165, 1.54) is 36.7 Å². The van der Waals surface area contributed by atoms with E-state index in [1.807, 2.05) is 11.3 Å². The summed E-state index contributed by atoms with van der Waals surface area (Å²) in [5.41, 5.74) is 9.79. The van der Waals surface area contributed by atoms with Gasteiger partial charge in [-0.2, -0.15) is 0 Å². The molecule has 0 saturated heterocycles. The SMILES string of the molecule is c1ccc(-c2ccc(N(c3cc4oc5c6ccccc6ccc5c4cc3-c3ccccc3)c3cccc4c3sc3ccccc34)cc2)cc1. The van der Waals surface area contributed by atoms with Gasteiger partial charge in [0, 0.05) is 48.9 Å². The standard InChI is InChI=1S/C46H29NOS/c1-3-12-30(13-4-1)31-22-25-34(26-23-31)47(41-20-11-19-38-36-18-9-10-21-44(36)49-46(38)41)42-29-43-40(28-39(42)32-14-5-2-6-15-32)37-27-24-33-16-7-8-17-35(33)45(37)48-43/h1-29H. The molecule has 0 aliphatic heterocycles. The number of hydrogen-bond donors (Lipinski definition) is 0. The summed E-state index contributed by atoms with van der Waals surface area (Å²) in [7, 11) is 0. The maximum absolute atomic E-state index is 6.81. The van der Waals surface area contributed by atoms with Crippen molar-refractivity contribution in [1.82, 2.24) is 0 Å². The third kappa shape index (κ3) is 4.55. The lowest BCUT2D eigenvalue weighted by molar-refractivity contribution is 0.673. The number of benzene rings is 8. The van der Waals surface area contributed by atoms with Crippen LogP contribution in [-0.4, -0.2) is 0 Å². The van der Waals surface area contributed by atoms with Crippen molar-refractivity contribution in [2.75, 3.05) is 4.90 Å². The van der Waals surface area contributed by atoms with Gasteiger partial charge in [0.1, 0.15) is 11.2 Å². The van der Waals surface area contributed by atoms with Crippen LogP contribution in [0, 0.1) is 0 Å². The van der Waals surface area contributed by atoms with Gasteiger partial charge in [-0.1, -0.05) is 133 Å². The number of hydrogen-bond acceptors (Lipinski definition) is 3. The van der Waals surface area contributed by atoms with E-state index < -0.39 is 0 Å². The van der Waals surface area contributed by atoms with Crippen LogP contribution < -0.4 is 4.90 Å². The number of fused-ring (bicyclic) bond motifs is 8. The van der Waals surface area contributed by atoms with Gasteiger partial charge in [0.2, 0.25) is 0 Å². The monoisotopic (exact) mass is 643 g/mol. The molecule has 0 unspecified atom stereocenters. The Labute approximate surface area is 287 Å². The lowest BCUT2D eigenvalue weighted by atomic mass is 9.98. The molecule has 0 fully saturated rings. The van der Waals surface area contributed by atoms with Gasteiger partial charge < -0.3 is 9.32 Å². The molecule has 0 aliphatic rings. The molecule has 10 aromatic rings. The molecular formula is C46H29NOS. The summed E-state index contributed by atoms with van der Waals surface area (Å²) in [5.74, 6) is 0. The summed E-state index contributed by atoms with van der Waals surface area (Å²) in [5, 5.41) is 7.09. The van der Waals surface area contributed by atoms with Crippen molar-refractivity contribution in [2.45, 2.75) is 0 Å². The van der Waals surface area contributed by atoms with E-state index in [0.717, 1.165) is 55.5 Å². The zero-order valence-corrected chi connectivity index (χ0v) is 27.3. The average Bonchev–Trinajstić information content (AvgIpc) is 3.74. The van der Waals surface area contributed by atoms with Crippen LogP contribution in [0.1, 0.15) is 0 Å². The highest BCUT2D eigenvalue weighted by molar-refractivity contribution is 7.26. The first kappa shape index (κ1) is 27.9. The van der Waals surface area contributed by atoms with E-state index in [1.54, 1.807) is 0 Å². The number of anilines is 3. The molecule has 8 aromatic carbocycles. The minimum Gasteiger partial charge on any atom is -0.455 e. The minimum absolute atomic E-state index is 0.871. The smallest absolute Gasteiger partial charge is 0.143 e. The maximum atomic E-state index is 6.81. The summed E-state index contributed by atoms with van der Waals surface area (Å²) in [6.07, 6.45) is 0. The van der Waals surface area contributed by atoms with Crippen molar-refractivity contribution in [3.05, 3.63) is 176 Å². The van der Waals surface area contributed by atoms with Gasteiger partial charge >= 0.3 is 0 Å². The first-order chi connectivity index (χ1) is 24.3.